The monoisotopic (exact) mass is 366 g/mol. The van der Waals surface area contributed by atoms with Crippen LogP contribution in [0.25, 0.3) is 21.9 Å². The Balaban J connectivity index is 1.42. The van der Waals surface area contributed by atoms with Gasteiger partial charge < -0.3 is 5.32 Å². The zero-order chi connectivity index (χ0) is 19.2. The van der Waals surface area contributed by atoms with Gasteiger partial charge in [-0.3, -0.25) is 4.98 Å². The first kappa shape index (κ1) is 18.4. The summed E-state index contributed by atoms with van der Waals surface area (Å²) in [6.45, 7) is 4.05. The Kier molecular flexibility index (Phi) is 5.79. The Morgan fingerprint density at radius 1 is 0.857 bits per heavy atom. The van der Waals surface area contributed by atoms with Crippen molar-refractivity contribution < 1.29 is 0 Å². The minimum atomic E-state index is 0.877. The Hall–Kier alpha value is -2.97. The van der Waals surface area contributed by atoms with Crippen LogP contribution in [0.4, 0.5) is 0 Å². The van der Waals surface area contributed by atoms with E-state index in [1.807, 2.05) is 18.5 Å². The van der Waals surface area contributed by atoms with Gasteiger partial charge >= 0.3 is 0 Å². The van der Waals surface area contributed by atoms with Crippen LogP contribution >= 0.6 is 0 Å². The molecule has 1 aromatic heterocycles. The number of nitrogens with zero attached hydrogens (tertiary/aromatic N) is 1. The van der Waals surface area contributed by atoms with E-state index in [-0.39, 0.29) is 0 Å². The number of aryl methyl sites for hydroxylation is 1. The van der Waals surface area contributed by atoms with Gasteiger partial charge in [-0.25, -0.2) is 0 Å². The predicted octanol–water partition coefficient (Wildman–Crippen LogP) is 5.80. The highest BCUT2D eigenvalue weighted by Gasteiger charge is 2.06. The summed E-state index contributed by atoms with van der Waals surface area (Å²) in [5.41, 5.74) is 6.57. The van der Waals surface area contributed by atoms with Crippen molar-refractivity contribution in [1.82, 2.24) is 10.3 Å². The van der Waals surface area contributed by atoms with E-state index in [9.17, 15) is 0 Å². The molecular weight excluding hydrogens is 340 g/mol. The SMILES string of the molecule is CCc1ccc(CNCCc2cccc3ccccc23)cc1-c1cccnc1. The van der Waals surface area contributed by atoms with Crippen molar-refractivity contribution in [1.29, 1.82) is 0 Å². The summed E-state index contributed by atoms with van der Waals surface area (Å²) in [6.07, 6.45) is 5.84. The van der Waals surface area contributed by atoms with Gasteiger partial charge in [0.1, 0.15) is 0 Å². The van der Waals surface area contributed by atoms with E-state index >= 15 is 0 Å². The summed E-state index contributed by atoms with van der Waals surface area (Å²) < 4.78 is 0. The van der Waals surface area contributed by atoms with Crippen LogP contribution in [-0.4, -0.2) is 11.5 Å². The van der Waals surface area contributed by atoms with Gasteiger partial charge in [-0.05, 0) is 64.5 Å². The van der Waals surface area contributed by atoms with Gasteiger partial charge in [0.15, 0.2) is 0 Å². The Morgan fingerprint density at radius 2 is 1.75 bits per heavy atom. The van der Waals surface area contributed by atoms with Crippen LogP contribution in [0.15, 0.2) is 85.2 Å². The lowest BCUT2D eigenvalue weighted by atomic mass is 9.97. The fraction of sp³-hybridized carbons (Fsp3) is 0.192. The van der Waals surface area contributed by atoms with Crippen LogP contribution in [0.2, 0.25) is 0 Å². The molecule has 3 aromatic carbocycles. The van der Waals surface area contributed by atoms with Crippen LogP contribution < -0.4 is 5.32 Å². The van der Waals surface area contributed by atoms with Gasteiger partial charge in [-0.15, -0.1) is 0 Å². The van der Waals surface area contributed by atoms with Crippen molar-refractivity contribution in [2.45, 2.75) is 26.3 Å². The first-order valence-corrected chi connectivity index (χ1v) is 10.0. The fourth-order valence-corrected chi connectivity index (χ4v) is 3.80. The first-order chi connectivity index (χ1) is 13.8. The molecule has 1 N–H and O–H groups in total. The molecule has 0 aliphatic carbocycles. The summed E-state index contributed by atoms with van der Waals surface area (Å²) in [5.74, 6) is 0. The normalized spacial score (nSPS) is 11.0. The van der Waals surface area contributed by atoms with Gasteiger partial charge in [0.25, 0.3) is 0 Å². The van der Waals surface area contributed by atoms with Gasteiger partial charge in [0.2, 0.25) is 0 Å². The summed E-state index contributed by atoms with van der Waals surface area (Å²) in [5, 5.41) is 6.29. The number of rotatable bonds is 7. The molecule has 2 heteroatoms. The summed E-state index contributed by atoms with van der Waals surface area (Å²) >= 11 is 0. The molecule has 28 heavy (non-hydrogen) atoms. The maximum Gasteiger partial charge on any atom is 0.0346 e. The number of benzene rings is 3. The van der Waals surface area contributed by atoms with Gasteiger partial charge in [-0.1, -0.05) is 67.6 Å². The molecule has 0 amide bonds. The van der Waals surface area contributed by atoms with E-state index in [1.165, 1.54) is 38.6 Å². The number of aromatic nitrogens is 1. The quantitative estimate of drug-likeness (QED) is 0.418. The van der Waals surface area contributed by atoms with Crippen LogP contribution in [-0.2, 0) is 19.4 Å². The van der Waals surface area contributed by atoms with Crippen LogP contribution in [0.1, 0.15) is 23.6 Å². The zero-order valence-corrected chi connectivity index (χ0v) is 16.4. The average molecular weight is 367 g/mol. The van der Waals surface area contributed by atoms with E-state index in [1.54, 1.807) is 0 Å². The lowest BCUT2D eigenvalue weighted by molar-refractivity contribution is 0.688. The van der Waals surface area contributed by atoms with Gasteiger partial charge in [-0.2, -0.15) is 0 Å². The van der Waals surface area contributed by atoms with Crippen LogP contribution in [0, 0.1) is 0 Å². The molecule has 0 bridgehead atoms. The Labute approximate surface area is 167 Å². The zero-order valence-electron chi connectivity index (χ0n) is 16.4. The minimum absolute atomic E-state index is 0.877. The van der Waals surface area contributed by atoms with Crippen molar-refractivity contribution in [3.8, 4) is 11.1 Å². The standard InChI is InChI=1S/C26H26N2/c1-2-21-13-12-20(17-26(21)24-10-6-15-27-19-24)18-28-16-14-23-9-5-8-22-7-3-4-11-25(22)23/h3-13,15,17,19,28H,2,14,16,18H2,1H3. The molecule has 0 saturated heterocycles. The number of hydrogen-bond donors (Lipinski definition) is 1. The molecule has 0 aliphatic heterocycles. The van der Waals surface area contributed by atoms with E-state index in [2.05, 4.69) is 84.0 Å². The van der Waals surface area contributed by atoms with E-state index in [0.717, 1.165) is 25.9 Å². The molecule has 4 aromatic rings. The maximum atomic E-state index is 4.28. The number of pyridine rings is 1. The molecule has 0 aliphatic rings. The Morgan fingerprint density at radius 3 is 2.61 bits per heavy atom. The second kappa shape index (κ2) is 8.81. The largest absolute Gasteiger partial charge is 0.312 e. The molecule has 0 atom stereocenters. The molecule has 0 fully saturated rings. The molecule has 0 saturated carbocycles. The van der Waals surface area contributed by atoms with E-state index in [0.29, 0.717) is 0 Å². The van der Waals surface area contributed by atoms with Crippen molar-refractivity contribution in [2.24, 2.45) is 0 Å². The minimum Gasteiger partial charge on any atom is -0.312 e. The van der Waals surface area contributed by atoms with Gasteiger partial charge in [0.05, 0.1) is 0 Å². The highest BCUT2D eigenvalue weighted by Crippen LogP contribution is 2.25. The Bertz CT molecular complexity index is 1050. The van der Waals surface area contributed by atoms with E-state index in [4.69, 9.17) is 0 Å². The molecule has 2 nitrogen and oxygen atoms in total. The third kappa shape index (κ3) is 4.13. The van der Waals surface area contributed by atoms with Crippen molar-refractivity contribution in [2.75, 3.05) is 6.54 Å². The van der Waals surface area contributed by atoms with Gasteiger partial charge in [0, 0.05) is 24.5 Å². The number of hydrogen-bond acceptors (Lipinski definition) is 2. The molecule has 0 radical (unpaired) electrons. The lowest BCUT2D eigenvalue weighted by Gasteiger charge is -2.12. The lowest BCUT2D eigenvalue weighted by Crippen LogP contribution is -2.17. The summed E-state index contributed by atoms with van der Waals surface area (Å²) in [6, 6.07) is 26.1. The smallest absolute Gasteiger partial charge is 0.0346 e. The van der Waals surface area contributed by atoms with Crippen molar-refractivity contribution >= 4 is 10.8 Å². The highest BCUT2D eigenvalue weighted by atomic mass is 14.8. The average Bonchev–Trinajstić information content (AvgIpc) is 2.77. The number of fused-ring (bicyclic) bond motifs is 1. The molecular formula is C26H26N2. The summed E-state index contributed by atoms with van der Waals surface area (Å²) in [4.78, 5) is 4.28. The van der Waals surface area contributed by atoms with Crippen LogP contribution in [0.5, 0.6) is 0 Å². The second-order valence-electron chi connectivity index (χ2n) is 7.15. The first-order valence-electron chi connectivity index (χ1n) is 10.0. The molecule has 4 rings (SSSR count). The van der Waals surface area contributed by atoms with Crippen molar-refractivity contribution in [3.63, 3.8) is 0 Å². The fourth-order valence-electron chi connectivity index (χ4n) is 3.80. The topological polar surface area (TPSA) is 24.9 Å². The highest BCUT2D eigenvalue weighted by molar-refractivity contribution is 5.85. The molecule has 0 unspecified atom stereocenters. The molecule has 140 valence electrons. The third-order valence-corrected chi connectivity index (χ3v) is 5.31. The second-order valence-corrected chi connectivity index (χ2v) is 7.15. The third-order valence-electron chi connectivity index (χ3n) is 5.31. The molecule has 1 heterocycles. The van der Waals surface area contributed by atoms with E-state index < -0.39 is 0 Å². The van der Waals surface area contributed by atoms with Crippen molar-refractivity contribution in [3.05, 3.63) is 102 Å². The molecule has 0 spiro atoms. The predicted molar refractivity (Wildman–Crippen MR) is 118 cm³/mol. The number of nitrogens with one attached hydrogen (secondary N) is 1. The maximum absolute atomic E-state index is 4.28. The van der Waals surface area contributed by atoms with Crippen LogP contribution in [0.3, 0.4) is 0 Å². The summed E-state index contributed by atoms with van der Waals surface area (Å²) in [7, 11) is 0.